The fraction of sp³-hybridized carbons (Fsp3) is 0.939. The number of amides is 1. The molecule has 0 aromatic heterocycles. The first-order valence-corrected chi connectivity index (χ1v) is 25.3. The lowest BCUT2D eigenvalue weighted by atomic mass is 9.98. The summed E-state index contributed by atoms with van der Waals surface area (Å²) < 4.78 is 11.1. The number of nitrogens with one attached hydrogen (secondary N) is 1. The third kappa shape index (κ3) is 24.9. The Morgan fingerprint density at radius 3 is 1.77 bits per heavy atom. The molecule has 2 fully saturated rings. The number of allylic oxidation sites excluding steroid dienone is 1. The van der Waals surface area contributed by atoms with Gasteiger partial charge in [0, 0.05) is 0 Å². The molecule has 12 atom stereocenters. The summed E-state index contributed by atoms with van der Waals surface area (Å²) in [6.07, 6.45) is 24.4. The highest BCUT2D eigenvalue weighted by molar-refractivity contribution is 5.80. The van der Waals surface area contributed by atoms with E-state index in [4.69, 9.17) is 14.7 Å². The molecule has 0 spiro atoms. The third-order valence-corrected chi connectivity index (χ3v) is 13.2. The first kappa shape index (κ1) is 56.9. The average Bonchev–Trinajstić information content (AvgIpc) is 4.03. The fourth-order valence-electron chi connectivity index (χ4n) is 8.84. The number of ether oxygens (including phenoxy) is 2. The fourth-order valence-corrected chi connectivity index (χ4v) is 8.84. The highest BCUT2D eigenvalue weighted by Crippen LogP contribution is 2.45. The van der Waals surface area contributed by atoms with Crippen LogP contribution in [0.15, 0.2) is 12.2 Å². The highest BCUT2D eigenvalue weighted by Gasteiger charge is 2.44. The van der Waals surface area contributed by atoms with Gasteiger partial charge in [-0.15, -0.1) is 0 Å². The van der Waals surface area contributed by atoms with Crippen LogP contribution >= 0.6 is 0 Å². The molecule has 0 aromatic carbocycles. The maximum absolute atomic E-state index is 13.1. The molecule has 1 amide bonds. The molecule has 62 heavy (non-hydrogen) atoms. The lowest BCUT2D eigenvalue weighted by Crippen LogP contribution is -2.60. The van der Waals surface area contributed by atoms with Crippen molar-refractivity contribution in [1.82, 2.24) is 5.32 Å². The van der Waals surface area contributed by atoms with Crippen LogP contribution in [0.4, 0.5) is 0 Å². The topological polar surface area (TPSA) is 219 Å². The molecular formula is C49H93NO12. The van der Waals surface area contributed by atoms with Crippen molar-refractivity contribution < 1.29 is 60.2 Å². The summed E-state index contributed by atoms with van der Waals surface area (Å²) in [6.45, 7) is 3.36. The predicted molar refractivity (Wildman–Crippen MR) is 243 cm³/mol. The zero-order chi connectivity index (χ0) is 45.4. The average molecular weight is 888 g/mol. The summed E-state index contributed by atoms with van der Waals surface area (Å²) in [5.74, 6) is 1.18. The Kier molecular flexibility index (Phi) is 33.0. The van der Waals surface area contributed by atoms with Crippen LogP contribution in [-0.4, -0.2) is 121 Å². The Hall–Kier alpha value is -1.23. The van der Waals surface area contributed by atoms with Crippen molar-refractivity contribution in [2.24, 2.45) is 11.8 Å². The first-order chi connectivity index (χ1) is 30.1. The zero-order valence-electron chi connectivity index (χ0n) is 38.9. The first-order valence-electron chi connectivity index (χ1n) is 25.3. The van der Waals surface area contributed by atoms with Crippen LogP contribution in [0.1, 0.15) is 206 Å². The normalized spacial score (nSPS) is 25.2. The van der Waals surface area contributed by atoms with Gasteiger partial charge in [-0.2, -0.15) is 0 Å². The third-order valence-electron chi connectivity index (χ3n) is 13.2. The smallest absolute Gasteiger partial charge is 0.249 e. The molecule has 0 radical (unpaired) electrons. The number of carbonyl (C=O) groups is 1. The van der Waals surface area contributed by atoms with E-state index < -0.39 is 74.2 Å². The largest absolute Gasteiger partial charge is 0.394 e. The van der Waals surface area contributed by atoms with Crippen molar-refractivity contribution in [2.75, 3.05) is 13.2 Å². The minimum absolute atomic E-state index is 0.211. The summed E-state index contributed by atoms with van der Waals surface area (Å²) in [5.41, 5.74) is 0. The molecule has 13 heteroatoms. The Morgan fingerprint density at radius 2 is 1.19 bits per heavy atom. The van der Waals surface area contributed by atoms with Gasteiger partial charge >= 0.3 is 0 Å². The molecular weight excluding hydrogens is 795 g/mol. The zero-order valence-corrected chi connectivity index (χ0v) is 38.9. The predicted octanol–water partition coefficient (Wildman–Crippen LogP) is 7.77. The van der Waals surface area contributed by atoms with Crippen LogP contribution in [0.3, 0.4) is 0 Å². The number of hydrogen-bond acceptors (Lipinski definition) is 12. The summed E-state index contributed by atoms with van der Waals surface area (Å²) in [7, 11) is 0. The van der Waals surface area contributed by atoms with E-state index in [1.807, 2.05) is 6.08 Å². The highest BCUT2D eigenvalue weighted by atomic mass is 17.1. The lowest BCUT2D eigenvalue weighted by Gasteiger charge is -2.40. The van der Waals surface area contributed by atoms with E-state index in [1.165, 1.54) is 83.5 Å². The van der Waals surface area contributed by atoms with Gasteiger partial charge in [0.25, 0.3) is 0 Å². The number of aliphatic hydroxyl groups is 7. The van der Waals surface area contributed by atoms with Crippen molar-refractivity contribution >= 4 is 5.91 Å². The molecule has 1 unspecified atom stereocenters. The maximum atomic E-state index is 13.1. The van der Waals surface area contributed by atoms with E-state index in [1.54, 1.807) is 0 Å². The van der Waals surface area contributed by atoms with Gasteiger partial charge in [-0.25, -0.2) is 4.89 Å². The van der Waals surface area contributed by atoms with Crippen molar-refractivity contribution in [3.05, 3.63) is 12.2 Å². The molecule has 366 valence electrons. The van der Waals surface area contributed by atoms with Crippen molar-refractivity contribution in [3.8, 4) is 0 Å². The Balaban J connectivity index is 1.68. The van der Waals surface area contributed by atoms with Gasteiger partial charge in [-0.1, -0.05) is 180 Å². The molecule has 1 aliphatic heterocycles. The number of unbranched alkanes of at least 4 members (excludes halogenated alkanes) is 20. The van der Waals surface area contributed by atoms with E-state index in [-0.39, 0.29) is 12.5 Å². The van der Waals surface area contributed by atoms with Crippen LogP contribution in [-0.2, 0) is 19.2 Å². The minimum Gasteiger partial charge on any atom is -0.394 e. The number of hydrogen-bond donors (Lipinski definition) is 9. The van der Waals surface area contributed by atoms with Gasteiger partial charge in [-0.3, -0.25) is 10.1 Å². The van der Waals surface area contributed by atoms with Gasteiger partial charge in [0.15, 0.2) is 6.29 Å². The SMILES string of the molecule is CCCCCCC(/C=C/CCCCCCCCCCC[C@@H](O)C(=O)N[C@@H](CO[C@@H]1O[C@H](CO)[C@@H](O)[C@H](O)[C@H]1O)[C@H](O)[C@H](O)CCCCCCCC[C@H]1C[C@H]1CCCCCC)OO. The molecule has 13 nitrogen and oxygen atoms in total. The van der Waals surface area contributed by atoms with E-state index >= 15 is 0 Å². The Labute approximate surface area is 375 Å². The molecule has 0 aromatic rings. The van der Waals surface area contributed by atoms with Gasteiger partial charge in [0.1, 0.15) is 42.7 Å². The van der Waals surface area contributed by atoms with E-state index in [2.05, 4.69) is 30.1 Å². The molecule has 1 aliphatic carbocycles. The molecule has 0 bridgehead atoms. The summed E-state index contributed by atoms with van der Waals surface area (Å²) in [6, 6.07) is -1.18. The van der Waals surface area contributed by atoms with Gasteiger partial charge < -0.3 is 50.5 Å². The monoisotopic (exact) mass is 888 g/mol. The quantitative estimate of drug-likeness (QED) is 0.0125. The van der Waals surface area contributed by atoms with Crippen molar-refractivity contribution in [2.45, 2.75) is 268 Å². The molecule has 2 rings (SSSR count). The summed E-state index contributed by atoms with van der Waals surface area (Å²) in [5, 5.41) is 85.0. The second-order valence-electron chi connectivity index (χ2n) is 18.7. The number of carbonyl (C=O) groups excluding carboxylic acids is 1. The maximum Gasteiger partial charge on any atom is 0.249 e. The molecule has 9 N–H and O–H groups in total. The molecule has 1 saturated heterocycles. The number of rotatable bonds is 41. The minimum atomic E-state index is -1.67. The summed E-state index contributed by atoms with van der Waals surface area (Å²) >= 11 is 0. The van der Waals surface area contributed by atoms with Crippen LogP contribution in [0.5, 0.6) is 0 Å². The van der Waals surface area contributed by atoms with Crippen LogP contribution < -0.4 is 5.32 Å². The second-order valence-corrected chi connectivity index (χ2v) is 18.7. The Morgan fingerprint density at radius 1 is 0.677 bits per heavy atom. The van der Waals surface area contributed by atoms with E-state index in [0.717, 1.165) is 95.3 Å². The van der Waals surface area contributed by atoms with E-state index in [0.29, 0.717) is 19.3 Å². The Bertz CT molecular complexity index is 1100. The number of aliphatic hydroxyl groups excluding tert-OH is 7. The van der Waals surface area contributed by atoms with E-state index in [9.17, 15) is 40.5 Å². The molecule has 1 heterocycles. The van der Waals surface area contributed by atoms with Gasteiger partial charge in [0.05, 0.1) is 25.4 Å². The van der Waals surface area contributed by atoms with Crippen LogP contribution in [0.2, 0.25) is 0 Å². The standard InChI is InChI=1S/C49H93NO12/c1-3-5-7-22-28-37-34-38(37)29-23-18-16-17-20-26-32-41(52)44(54)40(36-60-49-47(57)46(56)45(55)43(35-51)61-49)50-48(58)42(53)33-27-21-15-13-11-9-10-12-14-19-25-31-39(62-59)30-24-8-6-4-2/h25,31,37-47,49,51-57,59H,3-24,26-30,32-36H2,1-2H3,(H,50,58)/b31-25+/t37-,38+,39?,40+,41-,42-,43-,44+,45-,46+,47-,49-/m1/s1. The van der Waals surface area contributed by atoms with Crippen LogP contribution in [0.25, 0.3) is 0 Å². The molecule has 2 aliphatic rings. The van der Waals surface area contributed by atoms with Gasteiger partial charge in [0.2, 0.25) is 5.91 Å². The second kappa shape index (κ2) is 36.0. The molecule has 1 saturated carbocycles. The van der Waals surface area contributed by atoms with Crippen LogP contribution in [0, 0.1) is 11.8 Å². The van der Waals surface area contributed by atoms with Gasteiger partial charge in [-0.05, 0) is 50.4 Å². The van der Waals surface area contributed by atoms with Crippen molar-refractivity contribution in [3.63, 3.8) is 0 Å². The van der Waals surface area contributed by atoms with Crippen molar-refractivity contribution in [1.29, 1.82) is 0 Å². The summed E-state index contributed by atoms with van der Waals surface area (Å²) in [4.78, 5) is 17.7. The lowest BCUT2D eigenvalue weighted by molar-refractivity contribution is -0.303.